The van der Waals surface area contributed by atoms with Crippen molar-refractivity contribution in [3.05, 3.63) is 63.9 Å². The van der Waals surface area contributed by atoms with Crippen LogP contribution < -0.4 is 0 Å². The van der Waals surface area contributed by atoms with E-state index in [0.717, 1.165) is 5.56 Å². The number of pyridine rings is 1. The molecular formula is C14H11Cl2NO2. The Hall–Kier alpha value is -1.58. The highest BCUT2D eigenvalue weighted by molar-refractivity contribution is 6.31. The Morgan fingerprint density at radius 1 is 1.16 bits per heavy atom. The number of carboxylic acid groups (broad SMARTS) is 1. The predicted octanol–water partition coefficient (Wildman–Crippen LogP) is 3.80. The van der Waals surface area contributed by atoms with Gasteiger partial charge in [0.25, 0.3) is 0 Å². The molecule has 5 heteroatoms. The van der Waals surface area contributed by atoms with E-state index in [9.17, 15) is 9.90 Å². The van der Waals surface area contributed by atoms with Gasteiger partial charge >= 0.3 is 5.97 Å². The van der Waals surface area contributed by atoms with Crippen LogP contribution >= 0.6 is 23.2 Å². The molecule has 2 aromatic rings. The van der Waals surface area contributed by atoms with Crippen molar-refractivity contribution in [2.24, 2.45) is 0 Å². The average Bonchev–Trinajstić information content (AvgIpc) is 2.38. The summed E-state index contributed by atoms with van der Waals surface area (Å²) < 4.78 is 0. The summed E-state index contributed by atoms with van der Waals surface area (Å²) in [7, 11) is 0. The van der Waals surface area contributed by atoms with E-state index in [-0.39, 0.29) is 6.42 Å². The van der Waals surface area contributed by atoms with Crippen LogP contribution in [0.5, 0.6) is 0 Å². The Labute approximate surface area is 120 Å². The highest BCUT2D eigenvalue weighted by atomic mass is 35.5. The molecule has 0 aliphatic heterocycles. The lowest BCUT2D eigenvalue weighted by Gasteiger charge is -2.14. The van der Waals surface area contributed by atoms with Gasteiger partial charge in [-0.25, -0.2) is 0 Å². The van der Waals surface area contributed by atoms with Crippen LogP contribution in [-0.4, -0.2) is 16.1 Å². The third-order valence-electron chi connectivity index (χ3n) is 2.80. The van der Waals surface area contributed by atoms with Gasteiger partial charge in [0.15, 0.2) is 0 Å². The molecule has 1 atom stereocenters. The molecule has 0 saturated carbocycles. The molecule has 1 unspecified atom stereocenters. The van der Waals surface area contributed by atoms with Gasteiger partial charge in [0.2, 0.25) is 0 Å². The number of rotatable bonds is 4. The van der Waals surface area contributed by atoms with Crippen molar-refractivity contribution in [3.63, 3.8) is 0 Å². The summed E-state index contributed by atoms with van der Waals surface area (Å²) in [6.45, 7) is 0. The van der Waals surface area contributed by atoms with Crippen molar-refractivity contribution >= 4 is 29.2 Å². The number of carbonyl (C=O) groups is 1. The second-order valence-electron chi connectivity index (χ2n) is 4.06. The molecule has 0 fully saturated rings. The van der Waals surface area contributed by atoms with Crippen molar-refractivity contribution in [2.45, 2.75) is 12.3 Å². The molecule has 0 bridgehead atoms. The van der Waals surface area contributed by atoms with E-state index in [1.165, 1.54) is 6.20 Å². The third-order valence-corrected chi connectivity index (χ3v) is 3.49. The van der Waals surface area contributed by atoms with Crippen molar-refractivity contribution < 1.29 is 9.90 Å². The van der Waals surface area contributed by atoms with E-state index in [4.69, 9.17) is 23.2 Å². The average molecular weight is 296 g/mol. The first-order valence-corrected chi connectivity index (χ1v) is 6.42. The molecule has 0 radical (unpaired) electrons. The van der Waals surface area contributed by atoms with Gasteiger partial charge in [-0.05, 0) is 30.2 Å². The van der Waals surface area contributed by atoms with E-state index in [0.29, 0.717) is 15.7 Å². The molecule has 19 heavy (non-hydrogen) atoms. The normalized spacial score (nSPS) is 12.1. The first-order chi connectivity index (χ1) is 9.09. The van der Waals surface area contributed by atoms with Gasteiger partial charge in [-0.1, -0.05) is 41.4 Å². The number of halogens is 2. The van der Waals surface area contributed by atoms with Gasteiger partial charge in [-0.3, -0.25) is 9.78 Å². The minimum atomic E-state index is -0.972. The fourth-order valence-electron chi connectivity index (χ4n) is 1.84. The van der Waals surface area contributed by atoms with E-state index in [2.05, 4.69) is 4.98 Å². The first-order valence-electron chi connectivity index (χ1n) is 5.66. The van der Waals surface area contributed by atoms with Crippen LogP contribution in [0.15, 0.2) is 42.6 Å². The van der Waals surface area contributed by atoms with Crippen LogP contribution in [0.25, 0.3) is 0 Å². The fraction of sp³-hybridized carbons (Fsp3) is 0.143. The number of aromatic nitrogens is 1. The monoisotopic (exact) mass is 295 g/mol. The second kappa shape index (κ2) is 6.04. The Kier molecular flexibility index (Phi) is 4.40. The van der Waals surface area contributed by atoms with Crippen LogP contribution in [0.3, 0.4) is 0 Å². The smallest absolute Gasteiger partial charge is 0.312 e. The van der Waals surface area contributed by atoms with Gasteiger partial charge in [-0.15, -0.1) is 0 Å². The number of benzene rings is 1. The summed E-state index contributed by atoms with van der Waals surface area (Å²) in [5.41, 5.74) is 1.12. The van der Waals surface area contributed by atoms with E-state index >= 15 is 0 Å². The molecule has 3 nitrogen and oxygen atoms in total. The molecule has 1 aromatic heterocycles. The van der Waals surface area contributed by atoms with Gasteiger partial charge in [-0.2, -0.15) is 0 Å². The number of carboxylic acids is 1. The minimum Gasteiger partial charge on any atom is -0.481 e. The number of aliphatic carboxylic acids is 1. The topological polar surface area (TPSA) is 50.2 Å². The van der Waals surface area contributed by atoms with Crippen LogP contribution in [0, 0.1) is 0 Å². The molecule has 0 aliphatic rings. The van der Waals surface area contributed by atoms with Gasteiger partial charge in [0.05, 0.1) is 10.7 Å². The number of nitrogens with zero attached hydrogens (tertiary/aromatic N) is 1. The summed E-state index contributed by atoms with van der Waals surface area (Å²) in [4.78, 5) is 15.5. The molecule has 1 aromatic carbocycles. The first kappa shape index (κ1) is 13.8. The third kappa shape index (κ3) is 3.25. The van der Waals surface area contributed by atoms with Crippen LogP contribution in [0.4, 0.5) is 0 Å². The quantitative estimate of drug-likeness (QED) is 0.933. The van der Waals surface area contributed by atoms with E-state index in [1.54, 1.807) is 30.3 Å². The Morgan fingerprint density at radius 3 is 2.47 bits per heavy atom. The molecule has 0 saturated heterocycles. The molecule has 0 amide bonds. The highest BCUT2D eigenvalue weighted by Gasteiger charge is 2.24. The lowest BCUT2D eigenvalue weighted by atomic mass is 9.95. The molecule has 1 N–H and O–H groups in total. The van der Waals surface area contributed by atoms with E-state index in [1.807, 2.05) is 6.07 Å². The zero-order chi connectivity index (χ0) is 13.8. The van der Waals surface area contributed by atoms with Crippen molar-refractivity contribution in [2.75, 3.05) is 0 Å². The SMILES string of the molecule is O=C(O)C(Cc1ccccc1Cl)c1ncccc1Cl. The second-order valence-corrected chi connectivity index (χ2v) is 4.87. The maximum atomic E-state index is 11.4. The highest BCUT2D eigenvalue weighted by Crippen LogP contribution is 2.28. The Morgan fingerprint density at radius 2 is 1.84 bits per heavy atom. The molecule has 1 heterocycles. The molecule has 2 rings (SSSR count). The van der Waals surface area contributed by atoms with Crippen molar-refractivity contribution in [3.8, 4) is 0 Å². The van der Waals surface area contributed by atoms with Crippen LogP contribution in [0.2, 0.25) is 10.0 Å². The zero-order valence-corrected chi connectivity index (χ0v) is 11.4. The zero-order valence-electron chi connectivity index (χ0n) is 9.88. The maximum absolute atomic E-state index is 11.4. The van der Waals surface area contributed by atoms with Gasteiger partial charge < -0.3 is 5.11 Å². The van der Waals surface area contributed by atoms with Crippen LogP contribution in [0.1, 0.15) is 17.2 Å². The lowest BCUT2D eigenvalue weighted by molar-refractivity contribution is -0.138. The number of hydrogen-bond donors (Lipinski definition) is 1. The van der Waals surface area contributed by atoms with Gasteiger partial charge in [0, 0.05) is 11.2 Å². The minimum absolute atomic E-state index is 0.256. The Bertz CT molecular complexity index is 602. The molecule has 0 spiro atoms. The van der Waals surface area contributed by atoms with Crippen LogP contribution in [-0.2, 0) is 11.2 Å². The summed E-state index contributed by atoms with van der Waals surface area (Å²) >= 11 is 12.1. The fourth-order valence-corrected chi connectivity index (χ4v) is 2.31. The van der Waals surface area contributed by atoms with E-state index < -0.39 is 11.9 Å². The van der Waals surface area contributed by atoms with Gasteiger partial charge in [0.1, 0.15) is 5.92 Å². The summed E-state index contributed by atoms with van der Waals surface area (Å²) in [5, 5.41) is 10.3. The molecule has 0 aliphatic carbocycles. The van der Waals surface area contributed by atoms with Crippen molar-refractivity contribution in [1.82, 2.24) is 4.98 Å². The summed E-state index contributed by atoms with van der Waals surface area (Å²) in [6, 6.07) is 10.5. The Balaban J connectivity index is 2.35. The standard InChI is InChI=1S/C14H11Cl2NO2/c15-11-5-2-1-4-9(11)8-10(14(18)19)13-12(16)6-3-7-17-13/h1-7,10H,8H2,(H,18,19). The predicted molar refractivity (Wildman–Crippen MR) is 74.8 cm³/mol. The lowest BCUT2D eigenvalue weighted by Crippen LogP contribution is -2.16. The molecular weight excluding hydrogens is 285 g/mol. The largest absolute Gasteiger partial charge is 0.481 e. The van der Waals surface area contributed by atoms with Crippen molar-refractivity contribution in [1.29, 1.82) is 0 Å². The summed E-state index contributed by atoms with van der Waals surface area (Å²) in [5.74, 6) is -1.78. The number of hydrogen-bond acceptors (Lipinski definition) is 2. The summed E-state index contributed by atoms with van der Waals surface area (Å²) in [6.07, 6.45) is 1.79. The molecule has 98 valence electrons. The maximum Gasteiger partial charge on any atom is 0.312 e.